The van der Waals surface area contributed by atoms with Crippen LogP contribution in [-0.4, -0.2) is 37.4 Å². The fourth-order valence-corrected chi connectivity index (χ4v) is 3.05. The van der Waals surface area contributed by atoms with E-state index in [4.69, 9.17) is 11.6 Å². The van der Waals surface area contributed by atoms with Crippen molar-refractivity contribution in [3.8, 4) is 0 Å². The van der Waals surface area contributed by atoms with Gasteiger partial charge in [-0.05, 0) is 12.8 Å². The fourth-order valence-electron chi connectivity index (χ4n) is 1.19. The Bertz CT molecular complexity index is 229. The van der Waals surface area contributed by atoms with Crippen molar-refractivity contribution in [2.24, 2.45) is 0 Å². The van der Waals surface area contributed by atoms with Crippen molar-refractivity contribution in [3.63, 3.8) is 0 Å². The van der Waals surface area contributed by atoms with Gasteiger partial charge in [-0.3, -0.25) is 0 Å². The Morgan fingerprint density at radius 1 is 1.21 bits per heavy atom. The number of alkyl halides is 1. The number of hydrogen-bond donors (Lipinski definition) is 0. The predicted octanol–water partition coefficient (Wildman–Crippen LogP) is 2.07. The van der Waals surface area contributed by atoms with E-state index in [1.807, 2.05) is 6.92 Å². The molecule has 5 heteroatoms. The topological polar surface area (TPSA) is 37.4 Å². The number of halogens is 1. The summed E-state index contributed by atoms with van der Waals surface area (Å²) in [6.45, 7) is 5.12. The lowest BCUT2D eigenvalue weighted by Gasteiger charge is -2.19. The van der Waals surface area contributed by atoms with Crippen LogP contribution in [0.3, 0.4) is 0 Å². The number of nitrogens with zero attached hydrogens (tertiary/aromatic N) is 1. The van der Waals surface area contributed by atoms with Crippen molar-refractivity contribution < 1.29 is 8.42 Å². The molecule has 0 heterocycles. The Balaban J connectivity index is 4.19. The van der Waals surface area contributed by atoms with Gasteiger partial charge in [0.25, 0.3) is 0 Å². The van der Waals surface area contributed by atoms with Gasteiger partial charge < -0.3 is 0 Å². The maximum atomic E-state index is 11.7. The van der Waals surface area contributed by atoms with Gasteiger partial charge in [0.15, 0.2) is 0 Å². The summed E-state index contributed by atoms with van der Waals surface area (Å²) < 4.78 is 24.9. The molecular weight excluding hydrogens is 222 g/mol. The molecule has 0 N–H and O–H groups in total. The van der Waals surface area contributed by atoms with Crippen LogP contribution in [0.2, 0.25) is 0 Å². The third-order valence-electron chi connectivity index (χ3n) is 2.04. The monoisotopic (exact) mass is 241 g/mol. The number of unbranched alkanes of at least 4 members (excludes halogenated alkanes) is 1. The Morgan fingerprint density at radius 3 is 2.29 bits per heavy atom. The Hall–Kier alpha value is 0.200. The van der Waals surface area contributed by atoms with Gasteiger partial charge in [-0.25, -0.2) is 12.7 Å². The molecule has 0 aliphatic heterocycles. The second-order valence-corrected chi connectivity index (χ2v) is 5.67. The zero-order chi connectivity index (χ0) is 11.0. The van der Waals surface area contributed by atoms with Crippen LogP contribution in [-0.2, 0) is 10.0 Å². The zero-order valence-electron chi connectivity index (χ0n) is 9.00. The molecule has 0 saturated carbocycles. The standard InChI is InChI=1S/C9H20ClNO2S/c1-3-5-8-11(4-2)14(12,13)9-6-7-10/h3-9H2,1-2H3. The molecule has 86 valence electrons. The molecule has 0 atom stereocenters. The lowest BCUT2D eigenvalue weighted by Crippen LogP contribution is -2.33. The minimum Gasteiger partial charge on any atom is -0.212 e. The molecular formula is C9H20ClNO2S. The molecule has 14 heavy (non-hydrogen) atoms. The third-order valence-corrected chi connectivity index (χ3v) is 4.34. The summed E-state index contributed by atoms with van der Waals surface area (Å²) in [7, 11) is -3.06. The summed E-state index contributed by atoms with van der Waals surface area (Å²) in [6.07, 6.45) is 2.47. The maximum absolute atomic E-state index is 11.7. The third kappa shape index (κ3) is 5.17. The Morgan fingerprint density at radius 2 is 1.86 bits per heavy atom. The van der Waals surface area contributed by atoms with E-state index < -0.39 is 10.0 Å². The molecule has 0 fully saturated rings. The van der Waals surface area contributed by atoms with E-state index in [-0.39, 0.29) is 5.75 Å². The molecule has 0 amide bonds. The van der Waals surface area contributed by atoms with Gasteiger partial charge in [0.2, 0.25) is 10.0 Å². The van der Waals surface area contributed by atoms with Crippen molar-refractivity contribution in [2.45, 2.75) is 33.1 Å². The van der Waals surface area contributed by atoms with Gasteiger partial charge in [-0.2, -0.15) is 0 Å². The van der Waals surface area contributed by atoms with E-state index in [1.54, 1.807) is 4.31 Å². The van der Waals surface area contributed by atoms with Gasteiger partial charge in [-0.15, -0.1) is 11.6 Å². The molecule has 0 aliphatic rings. The molecule has 0 unspecified atom stereocenters. The van der Waals surface area contributed by atoms with Crippen LogP contribution < -0.4 is 0 Å². The highest BCUT2D eigenvalue weighted by Gasteiger charge is 2.18. The molecule has 0 aromatic rings. The van der Waals surface area contributed by atoms with Crippen molar-refractivity contribution in [2.75, 3.05) is 24.7 Å². The second kappa shape index (κ2) is 7.49. The van der Waals surface area contributed by atoms with Crippen molar-refractivity contribution in [3.05, 3.63) is 0 Å². The lowest BCUT2D eigenvalue weighted by atomic mass is 10.3. The SMILES string of the molecule is CCCCN(CC)S(=O)(=O)CCCCl. The molecule has 0 saturated heterocycles. The highest BCUT2D eigenvalue weighted by atomic mass is 35.5. The fraction of sp³-hybridized carbons (Fsp3) is 1.00. The molecule has 3 nitrogen and oxygen atoms in total. The summed E-state index contributed by atoms with van der Waals surface area (Å²) in [5, 5.41) is 0. The average Bonchev–Trinajstić information content (AvgIpc) is 2.16. The minimum atomic E-state index is -3.06. The molecule has 0 bridgehead atoms. The first kappa shape index (κ1) is 14.2. The van der Waals surface area contributed by atoms with Gasteiger partial charge in [0.05, 0.1) is 5.75 Å². The first-order valence-corrected chi connectivity index (χ1v) is 7.26. The van der Waals surface area contributed by atoms with E-state index in [1.165, 1.54) is 0 Å². The summed E-state index contributed by atoms with van der Waals surface area (Å²) in [4.78, 5) is 0. The summed E-state index contributed by atoms with van der Waals surface area (Å²) in [5.41, 5.74) is 0. The predicted molar refractivity (Wildman–Crippen MR) is 61.3 cm³/mol. The molecule has 0 aromatic heterocycles. The van der Waals surface area contributed by atoms with E-state index in [9.17, 15) is 8.42 Å². The van der Waals surface area contributed by atoms with Gasteiger partial charge >= 0.3 is 0 Å². The maximum Gasteiger partial charge on any atom is 0.214 e. The lowest BCUT2D eigenvalue weighted by molar-refractivity contribution is 0.418. The van der Waals surface area contributed by atoms with Crippen LogP contribution in [0.25, 0.3) is 0 Å². The zero-order valence-corrected chi connectivity index (χ0v) is 10.6. The molecule has 0 aromatic carbocycles. The van der Waals surface area contributed by atoms with E-state index in [0.717, 1.165) is 12.8 Å². The van der Waals surface area contributed by atoms with Crippen molar-refractivity contribution >= 4 is 21.6 Å². The van der Waals surface area contributed by atoms with Gasteiger partial charge in [-0.1, -0.05) is 20.3 Å². The number of rotatable bonds is 8. The average molecular weight is 242 g/mol. The van der Waals surface area contributed by atoms with Crippen LogP contribution in [0.1, 0.15) is 33.1 Å². The summed E-state index contributed by atoms with van der Waals surface area (Å²) >= 11 is 5.48. The van der Waals surface area contributed by atoms with Crippen molar-refractivity contribution in [1.29, 1.82) is 0 Å². The van der Waals surface area contributed by atoms with Crippen LogP contribution in [0, 0.1) is 0 Å². The smallest absolute Gasteiger partial charge is 0.212 e. The Labute approximate surface area is 92.5 Å². The molecule has 0 aliphatic carbocycles. The summed E-state index contributed by atoms with van der Waals surface area (Å²) in [5.74, 6) is 0.582. The molecule has 0 spiro atoms. The minimum absolute atomic E-state index is 0.175. The van der Waals surface area contributed by atoms with Crippen LogP contribution >= 0.6 is 11.6 Å². The first-order valence-electron chi connectivity index (χ1n) is 5.12. The largest absolute Gasteiger partial charge is 0.214 e. The highest BCUT2D eigenvalue weighted by molar-refractivity contribution is 7.89. The van der Waals surface area contributed by atoms with E-state index in [2.05, 4.69) is 6.92 Å². The van der Waals surface area contributed by atoms with Crippen LogP contribution in [0.4, 0.5) is 0 Å². The Kier molecular flexibility index (Phi) is 7.59. The normalized spacial score (nSPS) is 12.3. The van der Waals surface area contributed by atoms with Crippen LogP contribution in [0.5, 0.6) is 0 Å². The van der Waals surface area contributed by atoms with E-state index >= 15 is 0 Å². The van der Waals surface area contributed by atoms with Crippen LogP contribution in [0.15, 0.2) is 0 Å². The number of sulfonamides is 1. The van der Waals surface area contributed by atoms with E-state index in [0.29, 0.717) is 25.4 Å². The van der Waals surface area contributed by atoms with Gasteiger partial charge in [0.1, 0.15) is 0 Å². The van der Waals surface area contributed by atoms with Gasteiger partial charge in [0, 0.05) is 19.0 Å². The highest BCUT2D eigenvalue weighted by Crippen LogP contribution is 2.05. The quantitative estimate of drug-likeness (QED) is 0.610. The summed E-state index contributed by atoms with van der Waals surface area (Å²) in [6, 6.07) is 0. The molecule has 0 radical (unpaired) electrons. The molecule has 0 rings (SSSR count). The first-order chi connectivity index (χ1) is 6.58. The second-order valence-electron chi connectivity index (χ2n) is 3.20. The number of hydrogen-bond acceptors (Lipinski definition) is 2. The van der Waals surface area contributed by atoms with Crippen molar-refractivity contribution in [1.82, 2.24) is 4.31 Å².